The van der Waals surface area contributed by atoms with Gasteiger partial charge in [0.15, 0.2) is 0 Å². The molecule has 54 valence electrons. The summed E-state index contributed by atoms with van der Waals surface area (Å²) < 4.78 is 12.6. The van der Waals surface area contributed by atoms with Gasteiger partial charge in [0.25, 0.3) is 0 Å². The first-order chi connectivity index (χ1) is 4.72. The molecule has 1 rings (SSSR count). The number of nitrogens with zero attached hydrogens (tertiary/aromatic N) is 1. The molecule has 1 nitrogen and oxygen atoms in total. The van der Waals surface area contributed by atoms with E-state index in [-0.39, 0.29) is 5.82 Å². The molecule has 10 heavy (non-hydrogen) atoms. The van der Waals surface area contributed by atoms with Crippen LogP contribution in [0.25, 0.3) is 0 Å². The van der Waals surface area contributed by atoms with Gasteiger partial charge in [0.05, 0.1) is 5.69 Å². The van der Waals surface area contributed by atoms with Gasteiger partial charge in [0, 0.05) is 11.0 Å². The van der Waals surface area contributed by atoms with Crippen molar-refractivity contribution in [1.29, 1.82) is 0 Å². The van der Waals surface area contributed by atoms with Crippen LogP contribution in [0.15, 0.2) is 12.1 Å². The molecule has 0 radical (unpaired) electrons. The summed E-state index contributed by atoms with van der Waals surface area (Å²) in [6.45, 7) is 1.77. The van der Waals surface area contributed by atoms with Crippen LogP contribution in [0.1, 0.15) is 11.4 Å². The average molecular weight is 204 g/mol. The third-order valence-corrected chi connectivity index (χ3v) is 1.68. The lowest BCUT2D eigenvalue weighted by molar-refractivity contribution is 0.621. The largest absolute Gasteiger partial charge is 0.257 e. The maximum absolute atomic E-state index is 12.6. The summed E-state index contributed by atoms with van der Waals surface area (Å²) in [4.78, 5) is 4.07. The van der Waals surface area contributed by atoms with Crippen LogP contribution in [-0.2, 0) is 5.33 Å². The van der Waals surface area contributed by atoms with E-state index in [1.807, 2.05) is 0 Å². The molecular weight excluding hydrogens is 197 g/mol. The zero-order valence-corrected chi connectivity index (χ0v) is 7.15. The highest BCUT2D eigenvalue weighted by atomic mass is 79.9. The van der Waals surface area contributed by atoms with E-state index in [0.717, 1.165) is 11.4 Å². The number of rotatable bonds is 1. The van der Waals surface area contributed by atoms with Crippen LogP contribution in [-0.4, -0.2) is 4.98 Å². The van der Waals surface area contributed by atoms with Crippen molar-refractivity contribution in [3.63, 3.8) is 0 Å². The van der Waals surface area contributed by atoms with Crippen LogP contribution >= 0.6 is 15.9 Å². The highest BCUT2D eigenvalue weighted by Gasteiger charge is 1.96. The summed E-state index contributed by atoms with van der Waals surface area (Å²) in [5.41, 5.74) is 1.45. The standard InChI is InChI=1S/C7H7BrFN/c1-5-2-6(9)3-7(4-8)10-5/h2-3H,4H2,1H3. The summed E-state index contributed by atoms with van der Waals surface area (Å²) in [7, 11) is 0. The second-order valence-corrected chi connectivity index (χ2v) is 2.61. The second kappa shape index (κ2) is 3.10. The van der Waals surface area contributed by atoms with Gasteiger partial charge in [0.1, 0.15) is 5.82 Å². The van der Waals surface area contributed by atoms with Crippen molar-refractivity contribution in [1.82, 2.24) is 4.98 Å². The quantitative estimate of drug-likeness (QED) is 0.640. The Kier molecular flexibility index (Phi) is 2.38. The lowest BCUT2D eigenvalue weighted by Crippen LogP contribution is -1.89. The normalized spacial score (nSPS) is 9.90. The van der Waals surface area contributed by atoms with Crippen molar-refractivity contribution >= 4 is 15.9 Å². The van der Waals surface area contributed by atoms with Gasteiger partial charge in [-0.25, -0.2) is 4.39 Å². The fraction of sp³-hybridized carbons (Fsp3) is 0.286. The molecule has 0 N–H and O–H groups in total. The van der Waals surface area contributed by atoms with Crippen molar-refractivity contribution in [3.05, 3.63) is 29.3 Å². The van der Waals surface area contributed by atoms with Crippen molar-refractivity contribution in [2.45, 2.75) is 12.3 Å². The van der Waals surface area contributed by atoms with Crippen LogP contribution in [0.2, 0.25) is 0 Å². The third kappa shape index (κ3) is 1.77. The number of hydrogen-bond donors (Lipinski definition) is 0. The van der Waals surface area contributed by atoms with Crippen LogP contribution in [0.4, 0.5) is 4.39 Å². The number of aryl methyl sites for hydroxylation is 1. The summed E-state index contributed by atoms with van der Waals surface area (Å²) in [5, 5.41) is 0.603. The molecule has 0 aromatic carbocycles. The molecule has 0 fully saturated rings. The summed E-state index contributed by atoms with van der Waals surface area (Å²) in [5.74, 6) is -0.220. The molecule has 0 unspecified atom stereocenters. The zero-order chi connectivity index (χ0) is 7.56. The fourth-order valence-electron chi connectivity index (χ4n) is 0.760. The van der Waals surface area contributed by atoms with E-state index in [2.05, 4.69) is 20.9 Å². The van der Waals surface area contributed by atoms with Crippen molar-refractivity contribution in [2.75, 3.05) is 0 Å². The van der Waals surface area contributed by atoms with Gasteiger partial charge in [-0.05, 0) is 19.1 Å². The smallest absolute Gasteiger partial charge is 0.126 e. The molecule has 0 aliphatic heterocycles. The van der Waals surface area contributed by atoms with Crippen molar-refractivity contribution in [2.24, 2.45) is 0 Å². The number of aromatic nitrogens is 1. The number of pyridine rings is 1. The Labute approximate surface area is 67.4 Å². The van der Waals surface area contributed by atoms with Gasteiger partial charge in [-0.3, -0.25) is 4.98 Å². The molecule has 0 spiro atoms. The van der Waals surface area contributed by atoms with E-state index in [1.54, 1.807) is 6.92 Å². The Bertz CT molecular complexity index is 217. The summed E-state index contributed by atoms with van der Waals surface area (Å²) >= 11 is 3.20. The second-order valence-electron chi connectivity index (χ2n) is 2.05. The van der Waals surface area contributed by atoms with Gasteiger partial charge >= 0.3 is 0 Å². The zero-order valence-electron chi connectivity index (χ0n) is 5.56. The van der Waals surface area contributed by atoms with Gasteiger partial charge in [-0.15, -0.1) is 0 Å². The van der Waals surface area contributed by atoms with Gasteiger partial charge in [-0.1, -0.05) is 15.9 Å². The third-order valence-electron chi connectivity index (χ3n) is 1.11. The molecule has 1 heterocycles. The minimum atomic E-state index is -0.220. The molecule has 0 atom stereocenters. The monoisotopic (exact) mass is 203 g/mol. The molecule has 0 bridgehead atoms. The van der Waals surface area contributed by atoms with Crippen LogP contribution in [0.3, 0.4) is 0 Å². The van der Waals surface area contributed by atoms with Crippen LogP contribution < -0.4 is 0 Å². The first-order valence-electron chi connectivity index (χ1n) is 2.91. The topological polar surface area (TPSA) is 12.9 Å². The van der Waals surface area contributed by atoms with E-state index in [0.29, 0.717) is 5.33 Å². The minimum absolute atomic E-state index is 0.220. The lowest BCUT2D eigenvalue weighted by atomic mass is 10.3. The maximum Gasteiger partial charge on any atom is 0.126 e. The van der Waals surface area contributed by atoms with Crippen LogP contribution in [0, 0.1) is 12.7 Å². The predicted molar refractivity (Wildman–Crippen MR) is 41.6 cm³/mol. The van der Waals surface area contributed by atoms with E-state index >= 15 is 0 Å². The molecule has 0 aliphatic rings. The molecule has 0 saturated carbocycles. The Morgan fingerprint density at radius 3 is 2.80 bits per heavy atom. The Balaban J connectivity index is 3.06. The number of hydrogen-bond acceptors (Lipinski definition) is 1. The summed E-state index contributed by atoms with van der Waals surface area (Å²) in [6.07, 6.45) is 0. The highest BCUT2D eigenvalue weighted by molar-refractivity contribution is 9.08. The molecule has 0 amide bonds. The molecular formula is C7H7BrFN. The SMILES string of the molecule is Cc1cc(F)cc(CBr)n1. The van der Waals surface area contributed by atoms with E-state index in [4.69, 9.17) is 0 Å². The van der Waals surface area contributed by atoms with Crippen molar-refractivity contribution < 1.29 is 4.39 Å². The molecule has 1 aromatic heterocycles. The highest BCUT2D eigenvalue weighted by Crippen LogP contribution is 2.06. The lowest BCUT2D eigenvalue weighted by Gasteiger charge is -1.96. The van der Waals surface area contributed by atoms with Crippen LogP contribution in [0.5, 0.6) is 0 Å². The minimum Gasteiger partial charge on any atom is -0.257 e. The maximum atomic E-state index is 12.6. The van der Waals surface area contributed by atoms with Crippen molar-refractivity contribution in [3.8, 4) is 0 Å². The Morgan fingerprint density at radius 1 is 1.60 bits per heavy atom. The fourth-order valence-corrected chi connectivity index (χ4v) is 1.05. The van der Waals surface area contributed by atoms with Gasteiger partial charge in [-0.2, -0.15) is 0 Å². The van der Waals surface area contributed by atoms with E-state index < -0.39 is 0 Å². The average Bonchev–Trinajstić information content (AvgIpc) is 1.85. The molecule has 1 aromatic rings. The number of alkyl halides is 1. The predicted octanol–water partition coefficient (Wildman–Crippen LogP) is 2.42. The summed E-state index contributed by atoms with van der Waals surface area (Å²) in [6, 6.07) is 2.83. The first-order valence-corrected chi connectivity index (χ1v) is 4.03. The Morgan fingerprint density at radius 2 is 2.30 bits per heavy atom. The van der Waals surface area contributed by atoms with E-state index in [9.17, 15) is 4.39 Å². The first kappa shape index (κ1) is 7.66. The van der Waals surface area contributed by atoms with Gasteiger partial charge < -0.3 is 0 Å². The van der Waals surface area contributed by atoms with E-state index in [1.165, 1.54) is 12.1 Å². The Hall–Kier alpha value is -0.440. The molecule has 3 heteroatoms. The molecule has 0 aliphatic carbocycles. The van der Waals surface area contributed by atoms with Gasteiger partial charge in [0.2, 0.25) is 0 Å². The number of halogens is 2. The molecule has 0 saturated heterocycles.